The summed E-state index contributed by atoms with van der Waals surface area (Å²) < 4.78 is 0. The summed E-state index contributed by atoms with van der Waals surface area (Å²) in [4.78, 5) is 11.3. The molecule has 0 radical (unpaired) electrons. The van der Waals surface area contributed by atoms with E-state index in [0.717, 1.165) is 16.5 Å². The number of allylic oxidation sites excluding steroid dienone is 4. The summed E-state index contributed by atoms with van der Waals surface area (Å²) >= 11 is 0. The number of hydrogen-bond donors (Lipinski definition) is 1. The zero-order valence-electron chi connectivity index (χ0n) is 12.1. The standard InChI is InChI=1S/C18H19NO/c1-4-8-14(5-2)15-11-12-18(19-13(3)20)17-10-7-6-9-16(15)17/h4-12H,1-3H3,(H,19,20)/b8-4+,14-5-. The average Bonchev–Trinajstić information content (AvgIpc) is 2.45. The highest BCUT2D eigenvalue weighted by Crippen LogP contribution is 2.31. The highest BCUT2D eigenvalue weighted by molar-refractivity contribution is 6.06. The summed E-state index contributed by atoms with van der Waals surface area (Å²) in [5, 5.41) is 5.09. The van der Waals surface area contributed by atoms with Gasteiger partial charge < -0.3 is 5.32 Å². The molecule has 1 N–H and O–H groups in total. The SMILES string of the molecule is C/C=C(/C=C/C)c1ccc(NC(C)=O)c2ccccc12. The Morgan fingerprint density at radius 3 is 2.35 bits per heavy atom. The number of hydrogen-bond acceptors (Lipinski definition) is 1. The fourth-order valence-electron chi connectivity index (χ4n) is 2.37. The second-order valence-electron chi connectivity index (χ2n) is 4.63. The van der Waals surface area contributed by atoms with Crippen molar-refractivity contribution in [2.75, 3.05) is 5.32 Å². The van der Waals surface area contributed by atoms with E-state index in [9.17, 15) is 4.79 Å². The molecule has 0 bridgehead atoms. The third-order valence-corrected chi connectivity index (χ3v) is 3.20. The zero-order valence-corrected chi connectivity index (χ0v) is 12.1. The molecule has 20 heavy (non-hydrogen) atoms. The molecule has 0 aromatic heterocycles. The van der Waals surface area contributed by atoms with Gasteiger partial charge in [0.2, 0.25) is 5.91 Å². The highest BCUT2D eigenvalue weighted by Gasteiger charge is 2.08. The van der Waals surface area contributed by atoms with Crippen molar-refractivity contribution < 1.29 is 4.79 Å². The lowest BCUT2D eigenvalue weighted by Crippen LogP contribution is -2.06. The largest absolute Gasteiger partial charge is 0.326 e. The molecule has 0 aliphatic heterocycles. The number of benzene rings is 2. The van der Waals surface area contributed by atoms with Crippen molar-refractivity contribution in [1.82, 2.24) is 0 Å². The highest BCUT2D eigenvalue weighted by atomic mass is 16.1. The number of fused-ring (bicyclic) bond motifs is 1. The van der Waals surface area contributed by atoms with Crippen LogP contribution in [0, 0.1) is 0 Å². The molecule has 2 heteroatoms. The molecular weight excluding hydrogens is 246 g/mol. The maximum atomic E-state index is 11.3. The number of carbonyl (C=O) groups excluding carboxylic acids is 1. The van der Waals surface area contributed by atoms with Gasteiger partial charge in [-0.3, -0.25) is 4.79 Å². The van der Waals surface area contributed by atoms with Crippen LogP contribution in [0.4, 0.5) is 5.69 Å². The van der Waals surface area contributed by atoms with E-state index in [0.29, 0.717) is 0 Å². The molecule has 0 aliphatic rings. The first-order chi connectivity index (χ1) is 9.67. The Bertz CT molecular complexity index is 696. The Morgan fingerprint density at radius 2 is 1.75 bits per heavy atom. The van der Waals surface area contributed by atoms with Crippen LogP contribution in [0.2, 0.25) is 0 Å². The molecule has 2 aromatic rings. The van der Waals surface area contributed by atoms with Crippen molar-refractivity contribution in [2.24, 2.45) is 0 Å². The van der Waals surface area contributed by atoms with Crippen molar-refractivity contribution in [3.8, 4) is 0 Å². The lowest BCUT2D eigenvalue weighted by molar-refractivity contribution is -0.114. The van der Waals surface area contributed by atoms with Crippen LogP contribution < -0.4 is 5.32 Å². The molecule has 0 aliphatic carbocycles. The summed E-state index contributed by atoms with van der Waals surface area (Å²) in [5.41, 5.74) is 3.21. The molecule has 0 unspecified atom stereocenters. The van der Waals surface area contributed by atoms with E-state index in [1.165, 1.54) is 18.1 Å². The van der Waals surface area contributed by atoms with E-state index in [4.69, 9.17) is 0 Å². The molecule has 102 valence electrons. The van der Waals surface area contributed by atoms with E-state index in [-0.39, 0.29) is 5.91 Å². The Morgan fingerprint density at radius 1 is 1.05 bits per heavy atom. The van der Waals surface area contributed by atoms with Crippen molar-refractivity contribution >= 4 is 27.9 Å². The van der Waals surface area contributed by atoms with Crippen LogP contribution in [0.3, 0.4) is 0 Å². The number of rotatable bonds is 3. The molecule has 0 atom stereocenters. The Labute approximate surface area is 119 Å². The summed E-state index contributed by atoms with van der Waals surface area (Å²) in [6.07, 6.45) is 6.23. The number of anilines is 1. The molecule has 0 heterocycles. The first kappa shape index (κ1) is 14.1. The van der Waals surface area contributed by atoms with Crippen LogP contribution >= 0.6 is 0 Å². The molecule has 0 saturated heterocycles. The smallest absolute Gasteiger partial charge is 0.221 e. The normalized spacial score (nSPS) is 12.1. The van der Waals surface area contributed by atoms with Gasteiger partial charge in [0.1, 0.15) is 0 Å². The second-order valence-corrected chi connectivity index (χ2v) is 4.63. The first-order valence-corrected chi connectivity index (χ1v) is 6.76. The summed E-state index contributed by atoms with van der Waals surface area (Å²) in [6, 6.07) is 12.2. The zero-order chi connectivity index (χ0) is 14.5. The van der Waals surface area contributed by atoms with Gasteiger partial charge in [0, 0.05) is 18.0 Å². The topological polar surface area (TPSA) is 29.1 Å². The third kappa shape index (κ3) is 2.80. The minimum Gasteiger partial charge on any atom is -0.326 e. The minimum atomic E-state index is -0.0531. The van der Waals surface area contributed by atoms with Crippen molar-refractivity contribution in [3.63, 3.8) is 0 Å². The summed E-state index contributed by atoms with van der Waals surface area (Å²) in [7, 11) is 0. The fraction of sp³-hybridized carbons (Fsp3) is 0.167. The molecular formula is C18H19NO. The maximum Gasteiger partial charge on any atom is 0.221 e. The van der Waals surface area contributed by atoms with Crippen LogP contribution in [0.1, 0.15) is 26.3 Å². The Hall–Kier alpha value is -2.35. The van der Waals surface area contributed by atoms with Crippen LogP contribution in [-0.2, 0) is 4.79 Å². The number of carbonyl (C=O) groups is 1. The van der Waals surface area contributed by atoms with Gasteiger partial charge in [-0.1, -0.05) is 48.6 Å². The molecule has 2 nitrogen and oxygen atoms in total. The van der Waals surface area contributed by atoms with Gasteiger partial charge >= 0.3 is 0 Å². The Kier molecular flexibility index (Phi) is 4.36. The fourth-order valence-corrected chi connectivity index (χ4v) is 2.37. The quantitative estimate of drug-likeness (QED) is 0.795. The van der Waals surface area contributed by atoms with Gasteiger partial charge in [-0.2, -0.15) is 0 Å². The second kappa shape index (κ2) is 6.20. The molecule has 0 spiro atoms. The van der Waals surface area contributed by atoms with E-state index >= 15 is 0 Å². The van der Waals surface area contributed by atoms with E-state index in [2.05, 4.69) is 29.6 Å². The minimum absolute atomic E-state index is 0.0531. The van der Waals surface area contributed by atoms with Gasteiger partial charge in [0.15, 0.2) is 0 Å². The summed E-state index contributed by atoms with van der Waals surface area (Å²) in [6.45, 7) is 5.57. The predicted octanol–water partition coefficient (Wildman–Crippen LogP) is 4.78. The van der Waals surface area contributed by atoms with Crippen LogP contribution in [-0.4, -0.2) is 5.91 Å². The van der Waals surface area contributed by atoms with Crippen LogP contribution in [0.15, 0.2) is 54.6 Å². The lowest BCUT2D eigenvalue weighted by atomic mass is 9.96. The maximum absolute atomic E-state index is 11.3. The van der Waals surface area contributed by atoms with Crippen LogP contribution in [0.25, 0.3) is 16.3 Å². The van der Waals surface area contributed by atoms with E-state index in [1.807, 2.05) is 44.2 Å². The third-order valence-electron chi connectivity index (χ3n) is 3.20. The Balaban J connectivity index is 2.68. The molecule has 2 aromatic carbocycles. The van der Waals surface area contributed by atoms with Gasteiger partial charge in [-0.25, -0.2) is 0 Å². The van der Waals surface area contributed by atoms with Gasteiger partial charge in [-0.15, -0.1) is 0 Å². The van der Waals surface area contributed by atoms with Crippen molar-refractivity contribution in [3.05, 3.63) is 60.2 Å². The number of amides is 1. The number of nitrogens with one attached hydrogen (secondary N) is 1. The average molecular weight is 265 g/mol. The lowest BCUT2D eigenvalue weighted by Gasteiger charge is -2.12. The van der Waals surface area contributed by atoms with E-state index in [1.54, 1.807) is 0 Å². The van der Waals surface area contributed by atoms with Crippen molar-refractivity contribution in [2.45, 2.75) is 20.8 Å². The molecule has 1 amide bonds. The van der Waals surface area contributed by atoms with Gasteiger partial charge in [0.25, 0.3) is 0 Å². The molecule has 0 saturated carbocycles. The predicted molar refractivity (Wildman–Crippen MR) is 86.7 cm³/mol. The monoisotopic (exact) mass is 265 g/mol. The van der Waals surface area contributed by atoms with E-state index < -0.39 is 0 Å². The van der Waals surface area contributed by atoms with Crippen molar-refractivity contribution in [1.29, 1.82) is 0 Å². The first-order valence-electron chi connectivity index (χ1n) is 6.76. The molecule has 2 rings (SSSR count). The summed E-state index contributed by atoms with van der Waals surface area (Å²) in [5.74, 6) is -0.0531. The van der Waals surface area contributed by atoms with Gasteiger partial charge in [0.05, 0.1) is 0 Å². The molecule has 0 fully saturated rings. The van der Waals surface area contributed by atoms with Gasteiger partial charge in [-0.05, 0) is 36.4 Å². The van der Waals surface area contributed by atoms with Crippen LogP contribution in [0.5, 0.6) is 0 Å².